The van der Waals surface area contributed by atoms with Gasteiger partial charge in [0.2, 0.25) is 4.75 Å². The summed E-state index contributed by atoms with van der Waals surface area (Å²) in [6, 6.07) is 0. The van der Waals surface area contributed by atoms with E-state index in [1.54, 1.807) is 34.1 Å². The molecule has 0 N–H and O–H groups in total. The second kappa shape index (κ2) is 6.76. The molecule has 0 aliphatic heterocycles. The van der Waals surface area contributed by atoms with Crippen LogP contribution >= 0.6 is 38.9 Å². The maximum absolute atomic E-state index is 11.9. The minimum Gasteiger partial charge on any atom is -0.289 e. The largest absolute Gasteiger partial charge is 0.289 e. The van der Waals surface area contributed by atoms with Crippen molar-refractivity contribution < 1.29 is 4.57 Å². The molecule has 0 saturated heterocycles. The normalized spacial score (nSPS) is 11.9. The molecule has 0 rings (SSSR count). The zero-order valence-electron chi connectivity index (χ0n) is 7.20. The Balaban J connectivity index is 3.91. The third kappa shape index (κ3) is 5.51. The summed E-state index contributed by atoms with van der Waals surface area (Å²) in [6.07, 6.45) is 0. The van der Waals surface area contributed by atoms with E-state index in [4.69, 9.17) is 0 Å². The van der Waals surface area contributed by atoms with Crippen LogP contribution in [-0.4, -0.2) is 17.3 Å². The van der Waals surface area contributed by atoms with E-state index in [2.05, 4.69) is 20.8 Å². The van der Waals surface area contributed by atoms with Crippen LogP contribution in [0.3, 0.4) is 0 Å². The molecule has 5 heteroatoms. The van der Waals surface area contributed by atoms with E-state index in [0.717, 1.165) is 17.3 Å². The summed E-state index contributed by atoms with van der Waals surface area (Å²) in [5, 5.41) is 0. The summed E-state index contributed by atoms with van der Waals surface area (Å²) in [5.74, 6) is 2.87. The molecule has 0 aliphatic rings. The van der Waals surface area contributed by atoms with Crippen molar-refractivity contribution in [3.8, 4) is 0 Å². The minimum atomic E-state index is -1.97. The van der Waals surface area contributed by atoms with Crippen LogP contribution in [0.5, 0.6) is 0 Å². The fraction of sp³-hybridized carbons (Fsp3) is 1.00. The third-order valence-corrected chi connectivity index (χ3v) is 13.4. The number of hydrogen-bond acceptors (Lipinski definition) is 4. The highest BCUT2D eigenvalue weighted by molar-refractivity contribution is 9.14. The van der Waals surface area contributed by atoms with E-state index in [1.165, 1.54) is 0 Å². The van der Waals surface area contributed by atoms with Crippen molar-refractivity contribution in [1.29, 1.82) is 0 Å². The highest BCUT2D eigenvalue weighted by Gasteiger charge is 2.21. The Morgan fingerprint density at radius 3 is 1.36 bits per heavy atom. The first-order valence-electron chi connectivity index (χ1n) is 3.72. The molecular formula is C6H15OPS3. The van der Waals surface area contributed by atoms with Crippen LogP contribution in [0.15, 0.2) is 0 Å². The highest BCUT2D eigenvalue weighted by atomic mass is 33.4. The quantitative estimate of drug-likeness (QED) is 0.630. The molecule has 0 fully saturated rings. The molecule has 0 heterocycles. The van der Waals surface area contributed by atoms with Crippen molar-refractivity contribution in [3.63, 3.8) is 0 Å². The van der Waals surface area contributed by atoms with Crippen molar-refractivity contribution in [2.45, 2.75) is 20.8 Å². The SMILES string of the molecule is CCSP(=O)(SCC)SCC. The van der Waals surface area contributed by atoms with Crippen LogP contribution in [0.1, 0.15) is 20.8 Å². The van der Waals surface area contributed by atoms with Crippen LogP contribution in [0.2, 0.25) is 0 Å². The maximum atomic E-state index is 11.9. The van der Waals surface area contributed by atoms with E-state index >= 15 is 0 Å². The predicted molar refractivity (Wildman–Crippen MR) is 62.0 cm³/mol. The Bertz CT molecular complexity index is 116. The summed E-state index contributed by atoms with van der Waals surface area (Å²) in [4.78, 5) is 0. The lowest BCUT2D eigenvalue weighted by Crippen LogP contribution is -1.71. The molecule has 0 aromatic rings. The molecule has 0 spiro atoms. The van der Waals surface area contributed by atoms with Crippen LogP contribution in [0, 0.1) is 0 Å². The van der Waals surface area contributed by atoms with Crippen molar-refractivity contribution in [3.05, 3.63) is 0 Å². The average Bonchev–Trinajstić information content (AvgIpc) is 1.88. The molecule has 0 amide bonds. The minimum absolute atomic E-state index is 0.956. The number of hydrogen-bond donors (Lipinski definition) is 0. The van der Waals surface area contributed by atoms with E-state index < -0.39 is 4.75 Å². The summed E-state index contributed by atoms with van der Waals surface area (Å²) in [7, 11) is 0. The zero-order chi connectivity index (χ0) is 8.74. The average molecular weight is 230 g/mol. The molecule has 0 unspecified atom stereocenters. The van der Waals surface area contributed by atoms with Crippen molar-refractivity contribution in [2.24, 2.45) is 0 Å². The van der Waals surface area contributed by atoms with Crippen LogP contribution in [-0.2, 0) is 4.57 Å². The molecular weight excluding hydrogens is 215 g/mol. The van der Waals surface area contributed by atoms with Crippen LogP contribution < -0.4 is 0 Å². The molecule has 0 aromatic carbocycles. The summed E-state index contributed by atoms with van der Waals surface area (Å²) >= 11 is 4.83. The molecule has 0 saturated carbocycles. The first-order chi connectivity index (χ1) is 5.18. The molecule has 0 aliphatic carbocycles. The third-order valence-electron chi connectivity index (χ3n) is 0.862. The zero-order valence-corrected chi connectivity index (χ0v) is 10.5. The van der Waals surface area contributed by atoms with Gasteiger partial charge in [0.1, 0.15) is 0 Å². The van der Waals surface area contributed by atoms with Gasteiger partial charge in [0.25, 0.3) is 0 Å². The van der Waals surface area contributed by atoms with Gasteiger partial charge in [-0.1, -0.05) is 54.9 Å². The van der Waals surface area contributed by atoms with Crippen molar-refractivity contribution in [1.82, 2.24) is 0 Å². The monoisotopic (exact) mass is 230 g/mol. The fourth-order valence-electron chi connectivity index (χ4n) is 0.586. The summed E-state index contributed by atoms with van der Waals surface area (Å²) < 4.78 is 9.93. The Labute approximate surface area is 81.5 Å². The standard InChI is InChI=1S/C6H15OPS3/c1-4-9-8(7,10-5-2)11-6-3/h4-6H2,1-3H3. The van der Waals surface area contributed by atoms with E-state index in [0.29, 0.717) is 0 Å². The lowest BCUT2D eigenvalue weighted by atomic mass is 11.0. The highest BCUT2D eigenvalue weighted by Crippen LogP contribution is 2.77. The van der Waals surface area contributed by atoms with Crippen molar-refractivity contribution >= 4 is 38.9 Å². The van der Waals surface area contributed by atoms with E-state index in [1.807, 2.05) is 0 Å². The topological polar surface area (TPSA) is 17.1 Å². The van der Waals surface area contributed by atoms with Gasteiger partial charge in [0.05, 0.1) is 0 Å². The van der Waals surface area contributed by atoms with Crippen molar-refractivity contribution in [2.75, 3.05) is 17.3 Å². The Hall–Kier alpha value is 1.28. The maximum Gasteiger partial charge on any atom is 0.243 e. The van der Waals surface area contributed by atoms with Gasteiger partial charge >= 0.3 is 0 Å². The second-order valence-corrected chi connectivity index (χ2v) is 14.1. The van der Waals surface area contributed by atoms with Gasteiger partial charge in [-0.25, -0.2) is 0 Å². The van der Waals surface area contributed by atoms with Crippen LogP contribution in [0.4, 0.5) is 0 Å². The summed E-state index contributed by atoms with van der Waals surface area (Å²) in [5.41, 5.74) is 0. The smallest absolute Gasteiger partial charge is 0.243 e. The lowest BCUT2D eigenvalue weighted by Gasteiger charge is -2.12. The predicted octanol–water partition coefficient (Wildman–Crippen LogP) is 4.35. The fourth-order valence-corrected chi connectivity index (χ4v) is 13.0. The van der Waals surface area contributed by atoms with Gasteiger partial charge in [0, 0.05) is 0 Å². The number of rotatable bonds is 6. The van der Waals surface area contributed by atoms with E-state index in [9.17, 15) is 4.57 Å². The van der Waals surface area contributed by atoms with Gasteiger partial charge in [-0.05, 0) is 17.3 Å². The summed E-state index contributed by atoms with van der Waals surface area (Å²) in [6.45, 7) is 6.18. The first kappa shape index (κ1) is 12.3. The molecule has 68 valence electrons. The van der Waals surface area contributed by atoms with E-state index in [-0.39, 0.29) is 0 Å². The Morgan fingerprint density at radius 2 is 1.18 bits per heavy atom. The first-order valence-corrected chi connectivity index (χ1v) is 10.2. The second-order valence-electron chi connectivity index (χ2n) is 1.70. The molecule has 1 nitrogen and oxygen atoms in total. The van der Waals surface area contributed by atoms with Gasteiger partial charge < -0.3 is 0 Å². The lowest BCUT2D eigenvalue weighted by molar-refractivity contribution is 0.601. The van der Waals surface area contributed by atoms with Crippen LogP contribution in [0.25, 0.3) is 0 Å². The molecule has 0 aromatic heterocycles. The molecule has 0 bridgehead atoms. The van der Waals surface area contributed by atoms with Gasteiger partial charge in [0.15, 0.2) is 0 Å². The Morgan fingerprint density at radius 1 is 0.909 bits per heavy atom. The van der Waals surface area contributed by atoms with Gasteiger partial charge in [-0.2, -0.15) is 0 Å². The molecule has 0 radical (unpaired) electrons. The molecule has 11 heavy (non-hydrogen) atoms. The molecule has 0 atom stereocenters. The van der Waals surface area contributed by atoms with Gasteiger partial charge in [-0.3, -0.25) is 4.57 Å². The van der Waals surface area contributed by atoms with Gasteiger partial charge in [-0.15, -0.1) is 0 Å². The Kier molecular flexibility index (Phi) is 7.55.